The van der Waals surface area contributed by atoms with E-state index < -0.39 is 0 Å². The van der Waals surface area contributed by atoms with Crippen LogP contribution >= 0.6 is 24.8 Å². The van der Waals surface area contributed by atoms with E-state index in [-0.39, 0.29) is 42.7 Å². The Labute approximate surface area is 165 Å². The van der Waals surface area contributed by atoms with E-state index in [4.69, 9.17) is 5.73 Å². The van der Waals surface area contributed by atoms with Crippen LogP contribution in [0.1, 0.15) is 32.1 Å². The average molecular weight is 399 g/mol. The van der Waals surface area contributed by atoms with Gasteiger partial charge in [-0.25, -0.2) is 14.6 Å². The second-order valence-electron chi connectivity index (χ2n) is 6.93. The first-order valence-corrected chi connectivity index (χ1v) is 8.58. The van der Waals surface area contributed by atoms with E-state index in [1.54, 1.807) is 17.2 Å². The van der Waals surface area contributed by atoms with Gasteiger partial charge in [0.1, 0.15) is 12.7 Å². The van der Waals surface area contributed by atoms with E-state index in [1.807, 2.05) is 12.1 Å². The summed E-state index contributed by atoms with van der Waals surface area (Å²) >= 11 is 0. The molecule has 2 saturated carbocycles. The Bertz CT molecular complexity index is 695. The zero-order chi connectivity index (χ0) is 16.5. The Morgan fingerprint density at radius 2 is 1.92 bits per heavy atom. The maximum Gasteiger partial charge on any atom is 0.227 e. The molecule has 0 aromatic carbocycles. The maximum absolute atomic E-state index is 12.6. The molecule has 2 bridgehead atoms. The fourth-order valence-corrected chi connectivity index (χ4v) is 4.17. The lowest BCUT2D eigenvalue weighted by Crippen LogP contribution is -2.48. The number of hydrogen-bond donors (Lipinski definition) is 2. The molecule has 142 valence electrons. The van der Waals surface area contributed by atoms with Crippen molar-refractivity contribution in [1.82, 2.24) is 19.7 Å². The van der Waals surface area contributed by atoms with Crippen molar-refractivity contribution in [3.63, 3.8) is 0 Å². The first-order valence-electron chi connectivity index (χ1n) is 8.58. The predicted octanol–water partition coefficient (Wildman–Crippen LogP) is 2.60. The number of halogens is 2. The monoisotopic (exact) mass is 398 g/mol. The fraction of sp³-hybridized carbons (Fsp3) is 0.529. The van der Waals surface area contributed by atoms with Gasteiger partial charge >= 0.3 is 0 Å². The van der Waals surface area contributed by atoms with Crippen LogP contribution in [0, 0.1) is 17.8 Å². The number of fused-ring (bicyclic) bond motifs is 2. The second-order valence-corrected chi connectivity index (χ2v) is 6.93. The fourth-order valence-electron chi connectivity index (χ4n) is 4.17. The van der Waals surface area contributed by atoms with E-state index in [2.05, 4.69) is 20.4 Å². The van der Waals surface area contributed by atoms with Crippen LogP contribution in [0.5, 0.6) is 0 Å². The molecule has 1 amide bonds. The predicted molar refractivity (Wildman–Crippen MR) is 104 cm³/mol. The molecule has 2 aromatic rings. The lowest BCUT2D eigenvalue weighted by molar-refractivity contribution is -0.122. The minimum absolute atomic E-state index is 0. The lowest BCUT2D eigenvalue weighted by atomic mass is 9.65. The van der Waals surface area contributed by atoms with Gasteiger partial charge in [-0.2, -0.15) is 5.10 Å². The quantitative estimate of drug-likeness (QED) is 0.827. The summed E-state index contributed by atoms with van der Waals surface area (Å²) in [4.78, 5) is 20.8. The van der Waals surface area contributed by atoms with Gasteiger partial charge in [-0.15, -0.1) is 24.8 Å². The maximum atomic E-state index is 12.6. The van der Waals surface area contributed by atoms with E-state index in [9.17, 15) is 4.79 Å². The Morgan fingerprint density at radius 3 is 2.50 bits per heavy atom. The number of nitrogens with one attached hydrogen (secondary N) is 1. The third-order valence-electron chi connectivity index (χ3n) is 5.45. The van der Waals surface area contributed by atoms with Gasteiger partial charge in [-0.3, -0.25) is 4.79 Å². The number of hydrogen-bond acceptors (Lipinski definition) is 5. The highest BCUT2D eigenvalue weighted by molar-refractivity contribution is 5.92. The van der Waals surface area contributed by atoms with Gasteiger partial charge in [-0.1, -0.05) is 6.42 Å². The summed E-state index contributed by atoms with van der Waals surface area (Å²) in [5, 5.41) is 7.03. The summed E-state index contributed by atoms with van der Waals surface area (Å²) < 4.78 is 1.58. The van der Waals surface area contributed by atoms with Crippen molar-refractivity contribution in [1.29, 1.82) is 0 Å². The van der Waals surface area contributed by atoms with Gasteiger partial charge in [0.25, 0.3) is 0 Å². The number of carbonyl (C=O) groups is 1. The lowest BCUT2D eigenvalue weighted by Gasteiger charge is -2.43. The van der Waals surface area contributed by atoms with Crippen LogP contribution in [0.2, 0.25) is 0 Å². The minimum Gasteiger partial charge on any atom is -0.327 e. The molecule has 0 radical (unpaired) electrons. The second kappa shape index (κ2) is 8.79. The topological polar surface area (TPSA) is 98.7 Å². The Balaban J connectivity index is 0.00000121. The van der Waals surface area contributed by atoms with Crippen molar-refractivity contribution in [3.8, 4) is 5.82 Å². The molecule has 26 heavy (non-hydrogen) atoms. The number of aromatic nitrogens is 4. The standard InChI is InChI=1S/C17H22N6O.2ClH/c18-16-11-2-1-3-12(16)7-13(6-11)17(24)22-14-4-5-15(20-8-14)23-10-19-9-21-23;;/h4-5,8-13,16H,1-3,6-7,18H2,(H,22,24);2*1H. The van der Waals surface area contributed by atoms with Crippen molar-refractivity contribution < 1.29 is 4.79 Å². The smallest absolute Gasteiger partial charge is 0.227 e. The van der Waals surface area contributed by atoms with Crippen LogP contribution < -0.4 is 11.1 Å². The Morgan fingerprint density at radius 1 is 1.19 bits per heavy atom. The Hall–Kier alpha value is -1.70. The highest BCUT2D eigenvalue weighted by atomic mass is 35.5. The van der Waals surface area contributed by atoms with Gasteiger partial charge < -0.3 is 11.1 Å². The summed E-state index contributed by atoms with van der Waals surface area (Å²) in [6.07, 6.45) is 10.1. The van der Waals surface area contributed by atoms with Crippen LogP contribution in [-0.2, 0) is 4.79 Å². The SMILES string of the molecule is Cl.Cl.NC1C2CCCC1CC(C(=O)Nc1ccc(-n3cncn3)nc1)C2. The van der Waals surface area contributed by atoms with Crippen molar-refractivity contribution in [3.05, 3.63) is 31.0 Å². The first-order chi connectivity index (χ1) is 11.7. The largest absolute Gasteiger partial charge is 0.327 e. The number of rotatable bonds is 3. The number of nitrogens with zero attached hydrogens (tertiary/aromatic N) is 4. The van der Waals surface area contributed by atoms with E-state index in [0.717, 1.165) is 25.7 Å². The van der Waals surface area contributed by atoms with Crippen LogP contribution in [0.25, 0.3) is 5.82 Å². The molecule has 2 heterocycles. The molecular weight excluding hydrogens is 375 g/mol. The Kier molecular flexibility index (Phi) is 6.97. The van der Waals surface area contributed by atoms with E-state index in [0.29, 0.717) is 23.3 Å². The van der Waals surface area contributed by atoms with Gasteiger partial charge in [0.05, 0.1) is 11.9 Å². The molecule has 2 aliphatic rings. The third kappa shape index (κ3) is 4.16. The van der Waals surface area contributed by atoms with Crippen molar-refractivity contribution >= 4 is 36.4 Å². The van der Waals surface area contributed by atoms with Gasteiger partial charge in [0, 0.05) is 12.0 Å². The van der Waals surface area contributed by atoms with E-state index >= 15 is 0 Å². The van der Waals surface area contributed by atoms with E-state index in [1.165, 1.54) is 12.7 Å². The molecule has 2 unspecified atom stereocenters. The zero-order valence-electron chi connectivity index (χ0n) is 14.3. The molecule has 3 N–H and O–H groups in total. The number of pyridine rings is 1. The number of amides is 1. The van der Waals surface area contributed by atoms with Crippen LogP contribution in [0.3, 0.4) is 0 Å². The molecule has 9 heteroatoms. The molecule has 2 aromatic heterocycles. The summed E-state index contributed by atoms with van der Waals surface area (Å²) in [6, 6.07) is 3.94. The zero-order valence-corrected chi connectivity index (χ0v) is 16.0. The van der Waals surface area contributed by atoms with Gasteiger partial charge in [0.15, 0.2) is 5.82 Å². The molecular formula is C17H24Cl2N6O. The van der Waals surface area contributed by atoms with Gasteiger partial charge in [0.2, 0.25) is 5.91 Å². The minimum atomic E-state index is 0. The van der Waals surface area contributed by atoms with Crippen molar-refractivity contribution in [2.75, 3.05) is 5.32 Å². The third-order valence-corrected chi connectivity index (χ3v) is 5.45. The summed E-state index contributed by atoms with van der Waals surface area (Å²) in [5.74, 6) is 1.83. The number of anilines is 1. The molecule has 0 aliphatic heterocycles. The highest BCUT2D eigenvalue weighted by Gasteiger charge is 2.40. The summed E-state index contributed by atoms with van der Waals surface area (Å²) in [7, 11) is 0. The van der Waals surface area contributed by atoms with Crippen molar-refractivity contribution in [2.45, 2.75) is 38.1 Å². The first kappa shape index (κ1) is 20.6. The molecule has 2 aliphatic carbocycles. The van der Waals surface area contributed by atoms with Crippen LogP contribution in [0.4, 0.5) is 5.69 Å². The molecule has 2 fully saturated rings. The summed E-state index contributed by atoms with van der Waals surface area (Å²) in [5.41, 5.74) is 7.02. The number of carbonyl (C=O) groups excluding carboxylic acids is 1. The molecule has 0 spiro atoms. The normalized spacial score (nSPS) is 27.0. The highest BCUT2D eigenvalue weighted by Crippen LogP contribution is 2.42. The van der Waals surface area contributed by atoms with Crippen LogP contribution in [-0.4, -0.2) is 31.7 Å². The van der Waals surface area contributed by atoms with Crippen molar-refractivity contribution in [2.24, 2.45) is 23.5 Å². The number of nitrogens with two attached hydrogens (primary N) is 1. The van der Waals surface area contributed by atoms with Crippen LogP contribution in [0.15, 0.2) is 31.0 Å². The van der Waals surface area contributed by atoms with Gasteiger partial charge in [-0.05, 0) is 49.7 Å². The molecule has 0 saturated heterocycles. The summed E-state index contributed by atoms with van der Waals surface area (Å²) in [6.45, 7) is 0. The molecule has 2 atom stereocenters. The molecule has 4 rings (SSSR count). The average Bonchev–Trinajstić information content (AvgIpc) is 3.09. The molecule has 7 nitrogen and oxygen atoms in total.